The van der Waals surface area contributed by atoms with Crippen molar-refractivity contribution in [2.24, 2.45) is 0 Å². The van der Waals surface area contributed by atoms with Crippen LogP contribution in [-0.2, 0) is 9.53 Å². The lowest BCUT2D eigenvalue weighted by Gasteiger charge is -2.09. The van der Waals surface area contributed by atoms with Gasteiger partial charge < -0.3 is 10.1 Å². The lowest BCUT2D eigenvalue weighted by molar-refractivity contribution is -0.113. The number of esters is 1. The summed E-state index contributed by atoms with van der Waals surface area (Å²) in [4.78, 5) is 24.0. The van der Waals surface area contributed by atoms with Crippen LogP contribution in [0.4, 0.5) is 5.69 Å². The number of carbonyl (C=O) groups excluding carboxylic acids is 2. The van der Waals surface area contributed by atoms with Gasteiger partial charge in [-0.15, -0.1) is 10.2 Å². The predicted octanol–water partition coefficient (Wildman–Crippen LogP) is 3.56. The van der Waals surface area contributed by atoms with Gasteiger partial charge >= 0.3 is 5.97 Å². The smallest absolute Gasteiger partial charge is 0.340 e. The lowest BCUT2D eigenvalue weighted by Crippen LogP contribution is -2.17. The maximum atomic E-state index is 12.1. The molecule has 1 N–H and O–H groups in total. The highest BCUT2D eigenvalue weighted by atomic mass is 32.2. The molecule has 0 aliphatic carbocycles. The van der Waals surface area contributed by atoms with Gasteiger partial charge in [-0.1, -0.05) is 53.9 Å². The van der Waals surface area contributed by atoms with Gasteiger partial charge in [0.05, 0.1) is 23.6 Å². The Hall–Kier alpha value is -1.58. The molecule has 0 atom stereocenters. The Balaban J connectivity index is 1.93. The second-order valence-corrected chi connectivity index (χ2v) is 8.08. The number of hydrogen-bond donors (Lipinski definition) is 1. The largest absolute Gasteiger partial charge is 0.462 e. The summed E-state index contributed by atoms with van der Waals surface area (Å²) in [5.41, 5.74) is 0.788. The summed E-state index contributed by atoms with van der Waals surface area (Å²) in [6.45, 7) is 4.07. The van der Waals surface area contributed by atoms with Crippen LogP contribution in [0.3, 0.4) is 0 Å². The van der Waals surface area contributed by atoms with Gasteiger partial charge in [0, 0.05) is 0 Å². The molecule has 1 amide bonds. The molecule has 0 aliphatic rings. The number of hydrogen-bond acceptors (Lipinski definition) is 8. The fourth-order valence-electron chi connectivity index (χ4n) is 1.73. The van der Waals surface area contributed by atoms with Gasteiger partial charge in [-0.3, -0.25) is 4.79 Å². The normalized spacial score (nSPS) is 10.4. The Kier molecular flexibility index (Phi) is 7.54. The molecule has 2 aromatic rings. The first-order chi connectivity index (χ1) is 11.6. The van der Waals surface area contributed by atoms with E-state index in [0.717, 1.165) is 14.4 Å². The van der Waals surface area contributed by atoms with E-state index in [1.807, 2.05) is 6.92 Å². The quantitative estimate of drug-likeness (QED) is 0.551. The van der Waals surface area contributed by atoms with Crippen molar-refractivity contribution in [1.29, 1.82) is 0 Å². The maximum Gasteiger partial charge on any atom is 0.340 e. The number of benzene rings is 1. The Morgan fingerprint density at radius 2 is 1.88 bits per heavy atom. The average Bonchev–Trinajstić information content (AvgIpc) is 3.02. The number of carbonyl (C=O) groups is 2. The van der Waals surface area contributed by atoms with Gasteiger partial charge in [0.15, 0.2) is 8.68 Å². The number of thioether (sulfide) groups is 2. The van der Waals surface area contributed by atoms with E-state index >= 15 is 0 Å². The van der Waals surface area contributed by atoms with E-state index in [1.54, 1.807) is 43.0 Å². The zero-order valence-electron chi connectivity index (χ0n) is 13.3. The lowest BCUT2D eigenvalue weighted by atomic mass is 10.2. The Morgan fingerprint density at radius 3 is 2.58 bits per heavy atom. The Labute approximate surface area is 152 Å². The van der Waals surface area contributed by atoms with Crippen LogP contribution in [0.5, 0.6) is 0 Å². The van der Waals surface area contributed by atoms with E-state index in [0.29, 0.717) is 11.3 Å². The van der Waals surface area contributed by atoms with Gasteiger partial charge in [-0.05, 0) is 24.8 Å². The van der Waals surface area contributed by atoms with Crippen LogP contribution in [0.25, 0.3) is 0 Å². The molecule has 9 heteroatoms. The van der Waals surface area contributed by atoms with Gasteiger partial charge in [0.25, 0.3) is 0 Å². The first-order valence-electron chi connectivity index (χ1n) is 7.29. The third-order valence-corrected chi connectivity index (χ3v) is 5.75. The number of nitrogens with one attached hydrogen (secondary N) is 1. The van der Waals surface area contributed by atoms with E-state index in [1.165, 1.54) is 23.1 Å². The van der Waals surface area contributed by atoms with Gasteiger partial charge in [0.1, 0.15) is 0 Å². The number of para-hydroxylation sites is 1. The monoisotopic (exact) mass is 383 g/mol. The molecule has 0 unspecified atom stereocenters. The minimum absolute atomic E-state index is 0.197. The Morgan fingerprint density at radius 1 is 1.17 bits per heavy atom. The van der Waals surface area contributed by atoms with Crippen molar-refractivity contribution < 1.29 is 14.3 Å². The summed E-state index contributed by atoms with van der Waals surface area (Å²) < 4.78 is 6.64. The molecule has 0 aliphatic heterocycles. The minimum Gasteiger partial charge on any atom is -0.462 e. The number of aromatic nitrogens is 2. The van der Waals surface area contributed by atoms with Crippen molar-refractivity contribution in [2.45, 2.75) is 22.5 Å². The molecule has 0 bridgehead atoms. The van der Waals surface area contributed by atoms with Crippen LogP contribution in [0.15, 0.2) is 32.9 Å². The molecule has 0 fully saturated rings. The highest BCUT2D eigenvalue weighted by Crippen LogP contribution is 2.28. The highest BCUT2D eigenvalue weighted by molar-refractivity contribution is 8.03. The number of rotatable bonds is 8. The van der Waals surface area contributed by atoms with Crippen molar-refractivity contribution in [1.82, 2.24) is 10.2 Å². The second kappa shape index (κ2) is 9.65. The molecule has 0 spiro atoms. The number of anilines is 1. The molecule has 1 heterocycles. The van der Waals surface area contributed by atoms with Crippen LogP contribution in [-0.4, -0.2) is 40.2 Å². The Bertz CT molecular complexity index is 706. The number of ether oxygens (including phenoxy) is 1. The predicted molar refractivity (Wildman–Crippen MR) is 98.1 cm³/mol. The standard InChI is InChI=1S/C15H17N3O3S3/c1-3-21-13(20)10-7-5-6-8-11(10)16-12(19)9-23-15-18-17-14(24-15)22-4-2/h5-8H,3-4,9H2,1-2H3,(H,16,19). The van der Waals surface area contributed by atoms with Gasteiger partial charge in [0.2, 0.25) is 5.91 Å². The third-order valence-electron chi connectivity index (χ3n) is 2.68. The minimum atomic E-state index is -0.452. The van der Waals surface area contributed by atoms with Gasteiger partial charge in [-0.25, -0.2) is 4.79 Å². The zero-order chi connectivity index (χ0) is 17.4. The molecule has 6 nitrogen and oxygen atoms in total. The van der Waals surface area contributed by atoms with Crippen molar-refractivity contribution in [3.05, 3.63) is 29.8 Å². The number of amides is 1. The summed E-state index contributed by atoms with van der Waals surface area (Å²) in [5, 5.41) is 10.8. The summed E-state index contributed by atoms with van der Waals surface area (Å²) in [6, 6.07) is 6.78. The van der Waals surface area contributed by atoms with Crippen molar-refractivity contribution >= 4 is 52.4 Å². The number of nitrogens with zero attached hydrogens (tertiary/aromatic N) is 2. The van der Waals surface area contributed by atoms with Gasteiger partial charge in [-0.2, -0.15) is 0 Å². The van der Waals surface area contributed by atoms with Crippen LogP contribution in [0, 0.1) is 0 Å². The molecule has 24 heavy (non-hydrogen) atoms. The molecular formula is C15H17N3O3S3. The molecular weight excluding hydrogens is 366 g/mol. The molecule has 2 rings (SSSR count). The SMILES string of the molecule is CCOC(=O)c1ccccc1NC(=O)CSc1nnc(SCC)s1. The molecule has 1 aromatic heterocycles. The molecule has 0 saturated heterocycles. The van der Waals surface area contributed by atoms with Crippen LogP contribution < -0.4 is 5.32 Å². The summed E-state index contributed by atoms with van der Waals surface area (Å²) in [5.74, 6) is 0.468. The van der Waals surface area contributed by atoms with Crippen molar-refractivity contribution in [2.75, 3.05) is 23.4 Å². The fourth-order valence-corrected chi connectivity index (χ4v) is 4.45. The topological polar surface area (TPSA) is 81.2 Å². The average molecular weight is 384 g/mol. The molecule has 0 radical (unpaired) electrons. The van der Waals surface area contributed by atoms with Crippen molar-refractivity contribution in [3.8, 4) is 0 Å². The van der Waals surface area contributed by atoms with Crippen LogP contribution in [0.1, 0.15) is 24.2 Å². The molecule has 128 valence electrons. The van der Waals surface area contributed by atoms with Crippen molar-refractivity contribution in [3.63, 3.8) is 0 Å². The first kappa shape index (κ1) is 18.8. The highest BCUT2D eigenvalue weighted by Gasteiger charge is 2.14. The van der Waals surface area contributed by atoms with Crippen LogP contribution >= 0.6 is 34.9 Å². The second-order valence-electron chi connectivity index (χ2n) is 4.37. The maximum absolute atomic E-state index is 12.1. The summed E-state index contributed by atoms with van der Waals surface area (Å²) >= 11 is 4.41. The van der Waals surface area contributed by atoms with E-state index in [-0.39, 0.29) is 18.3 Å². The third kappa shape index (κ3) is 5.50. The fraction of sp³-hybridized carbons (Fsp3) is 0.333. The van der Waals surface area contributed by atoms with E-state index in [9.17, 15) is 9.59 Å². The first-order valence-corrected chi connectivity index (χ1v) is 10.1. The molecule has 1 aromatic carbocycles. The summed E-state index contributed by atoms with van der Waals surface area (Å²) in [7, 11) is 0. The summed E-state index contributed by atoms with van der Waals surface area (Å²) in [6.07, 6.45) is 0. The van der Waals surface area contributed by atoms with E-state index in [2.05, 4.69) is 15.5 Å². The van der Waals surface area contributed by atoms with E-state index < -0.39 is 5.97 Å². The van der Waals surface area contributed by atoms with E-state index in [4.69, 9.17) is 4.74 Å². The zero-order valence-corrected chi connectivity index (χ0v) is 15.7. The van der Waals surface area contributed by atoms with Crippen LogP contribution in [0.2, 0.25) is 0 Å². The molecule has 0 saturated carbocycles.